The molecule has 7 heteroatoms. The second kappa shape index (κ2) is 6.88. The number of ether oxygens (including phenoxy) is 2. The van der Waals surface area contributed by atoms with Crippen LogP contribution in [0.2, 0.25) is 0 Å². The quantitative estimate of drug-likeness (QED) is 0.473. The molecular formula is C25H23N3O4. The lowest BCUT2D eigenvalue weighted by Crippen LogP contribution is -2.49. The van der Waals surface area contributed by atoms with E-state index in [1.807, 2.05) is 59.2 Å². The first-order valence-corrected chi connectivity index (χ1v) is 10.8. The molecule has 4 aromatic rings. The van der Waals surface area contributed by atoms with Crippen molar-refractivity contribution in [2.45, 2.75) is 18.4 Å². The number of likely N-dealkylation sites (tertiary alicyclic amines) is 1. The van der Waals surface area contributed by atoms with Crippen molar-refractivity contribution in [3.8, 4) is 22.8 Å². The second-order valence-corrected chi connectivity index (χ2v) is 8.43. The van der Waals surface area contributed by atoms with Crippen LogP contribution in [0.3, 0.4) is 0 Å². The van der Waals surface area contributed by atoms with Crippen LogP contribution in [-0.2, 0) is 12.6 Å². The third-order valence-corrected chi connectivity index (χ3v) is 6.67. The lowest BCUT2D eigenvalue weighted by Gasteiger charge is -2.44. The van der Waals surface area contributed by atoms with Gasteiger partial charge in [0.1, 0.15) is 22.7 Å². The predicted octanol–water partition coefficient (Wildman–Crippen LogP) is 4.37. The van der Waals surface area contributed by atoms with Crippen LogP contribution >= 0.6 is 0 Å². The van der Waals surface area contributed by atoms with Crippen LogP contribution in [0.4, 0.5) is 0 Å². The number of rotatable bonds is 2. The van der Waals surface area contributed by atoms with E-state index in [9.17, 15) is 4.79 Å². The number of benzene rings is 2. The smallest absolute Gasteiger partial charge is 0.289 e. The number of hydrogen-bond acceptors (Lipinski definition) is 5. The lowest BCUT2D eigenvalue weighted by atomic mass is 9.81. The van der Waals surface area contributed by atoms with E-state index in [1.165, 1.54) is 0 Å². The van der Waals surface area contributed by atoms with Crippen molar-refractivity contribution in [3.05, 3.63) is 66.1 Å². The van der Waals surface area contributed by atoms with Crippen LogP contribution in [0.15, 0.2) is 59.1 Å². The Morgan fingerprint density at radius 2 is 1.94 bits per heavy atom. The lowest BCUT2D eigenvalue weighted by molar-refractivity contribution is -0.00254. The molecule has 1 amide bonds. The topological polar surface area (TPSA) is 69.7 Å². The van der Waals surface area contributed by atoms with E-state index in [0.717, 1.165) is 33.7 Å². The van der Waals surface area contributed by atoms with Gasteiger partial charge in [0, 0.05) is 49.5 Å². The Balaban J connectivity index is 1.27. The summed E-state index contributed by atoms with van der Waals surface area (Å²) in [6.07, 6.45) is 3.30. The fraction of sp³-hybridized carbons (Fsp3) is 0.280. The first-order valence-electron chi connectivity index (χ1n) is 10.8. The van der Waals surface area contributed by atoms with Gasteiger partial charge in [-0.2, -0.15) is 5.10 Å². The standard InChI is InChI=1S/C25H23N3O4/c1-27-23-18-5-3-4-6-21(18)32-25(19(23)15-26-27)9-11-28(12-10-25)24(29)22-14-16-13-17(30-2)7-8-20(16)31-22/h3-8,13-15H,9-12H2,1-2H3. The third kappa shape index (κ3) is 2.74. The van der Waals surface area contributed by atoms with Gasteiger partial charge >= 0.3 is 0 Å². The molecule has 6 rings (SSSR count). The Morgan fingerprint density at radius 1 is 1.12 bits per heavy atom. The molecule has 1 saturated heterocycles. The molecule has 2 aliphatic heterocycles. The highest BCUT2D eigenvalue weighted by Crippen LogP contribution is 2.49. The summed E-state index contributed by atoms with van der Waals surface area (Å²) in [4.78, 5) is 15.0. The number of aromatic nitrogens is 2. The van der Waals surface area contributed by atoms with Gasteiger partial charge in [0.2, 0.25) is 0 Å². The Morgan fingerprint density at radius 3 is 2.75 bits per heavy atom. The maximum atomic E-state index is 13.2. The number of aryl methyl sites for hydroxylation is 1. The molecule has 7 nitrogen and oxygen atoms in total. The van der Waals surface area contributed by atoms with Gasteiger partial charge in [-0.1, -0.05) is 12.1 Å². The summed E-state index contributed by atoms with van der Waals surface area (Å²) < 4.78 is 19.6. The number of carbonyl (C=O) groups is 1. The number of methoxy groups -OCH3 is 1. The summed E-state index contributed by atoms with van der Waals surface area (Å²) in [6.45, 7) is 1.16. The first kappa shape index (κ1) is 19.0. The van der Waals surface area contributed by atoms with Gasteiger partial charge < -0.3 is 18.8 Å². The van der Waals surface area contributed by atoms with Crippen LogP contribution in [0.25, 0.3) is 22.2 Å². The molecule has 1 spiro atoms. The van der Waals surface area contributed by atoms with Gasteiger partial charge in [-0.15, -0.1) is 0 Å². The summed E-state index contributed by atoms with van der Waals surface area (Å²) in [7, 11) is 3.58. The average Bonchev–Trinajstić information content (AvgIpc) is 3.43. The number of furan rings is 1. The second-order valence-electron chi connectivity index (χ2n) is 8.43. The summed E-state index contributed by atoms with van der Waals surface area (Å²) in [5.74, 6) is 1.85. The molecule has 4 heterocycles. The van der Waals surface area contributed by atoms with Gasteiger partial charge in [-0.05, 0) is 36.4 Å². The fourth-order valence-corrected chi connectivity index (χ4v) is 4.96. The minimum Gasteiger partial charge on any atom is -0.497 e. The summed E-state index contributed by atoms with van der Waals surface area (Å²) in [6, 6.07) is 15.4. The summed E-state index contributed by atoms with van der Waals surface area (Å²) >= 11 is 0. The molecule has 1 fully saturated rings. The molecule has 0 aliphatic carbocycles. The van der Waals surface area contributed by atoms with Crippen LogP contribution in [0, 0.1) is 0 Å². The molecule has 162 valence electrons. The van der Waals surface area contributed by atoms with Crippen LogP contribution in [-0.4, -0.2) is 40.8 Å². The van der Waals surface area contributed by atoms with Crippen LogP contribution in [0.1, 0.15) is 29.0 Å². The van der Waals surface area contributed by atoms with E-state index in [0.29, 0.717) is 37.3 Å². The molecule has 0 atom stereocenters. The number of piperidine rings is 1. The summed E-state index contributed by atoms with van der Waals surface area (Å²) in [5.41, 5.74) is 3.45. The minimum atomic E-state index is -0.476. The number of fused-ring (bicyclic) bond motifs is 5. The van der Waals surface area contributed by atoms with E-state index in [2.05, 4.69) is 11.2 Å². The van der Waals surface area contributed by atoms with Crippen molar-refractivity contribution in [1.82, 2.24) is 14.7 Å². The third-order valence-electron chi connectivity index (χ3n) is 6.67. The molecule has 32 heavy (non-hydrogen) atoms. The van der Waals surface area contributed by atoms with E-state index in [-0.39, 0.29) is 5.91 Å². The van der Waals surface area contributed by atoms with Gasteiger partial charge in [0.25, 0.3) is 5.91 Å². The molecule has 0 saturated carbocycles. The molecule has 0 bridgehead atoms. The van der Waals surface area contributed by atoms with Crippen molar-refractivity contribution in [2.75, 3.05) is 20.2 Å². The van der Waals surface area contributed by atoms with E-state index >= 15 is 0 Å². The molecule has 2 aliphatic rings. The number of nitrogens with zero attached hydrogens (tertiary/aromatic N) is 3. The van der Waals surface area contributed by atoms with Crippen molar-refractivity contribution in [1.29, 1.82) is 0 Å². The van der Waals surface area contributed by atoms with Gasteiger partial charge in [0.15, 0.2) is 5.76 Å². The van der Waals surface area contributed by atoms with Crippen molar-refractivity contribution in [2.24, 2.45) is 7.05 Å². The van der Waals surface area contributed by atoms with Crippen molar-refractivity contribution < 1.29 is 18.7 Å². The number of carbonyl (C=O) groups excluding carboxylic acids is 1. The molecule has 2 aromatic carbocycles. The molecule has 0 unspecified atom stereocenters. The zero-order valence-electron chi connectivity index (χ0n) is 18.0. The molecule has 0 N–H and O–H groups in total. The van der Waals surface area contributed by atoms with Crippen molar-refractivity contribution in [3.63, 3.8) is 0 Å². The van der Waals surface area contributed by atoms with Crippen molar-refractivity contribution >= 4 is 16.9 Å². The van der Waals surface area contributed by atoms with Gasteiger partial charge in [0.05, 0.1) is 19.0 Å². The maximum Gasteiger partial charge on any atom is 0.289 e. The first-order chi connectivity index (χ1) is 15.6. The SMILES string of the molecule is COc1ccc2oc(C(=O)N3CCC4(CC3)Oc3ccccc3-c3c4cnn3C)cc2c1. The van der Waals surface area contributed by atoms with Crippen LogP contribution in [0.5, 0.6) is 11.5 Å². The predicted molar refractivity (Wildman–Crippen MR) is 119 cm³/mol. The Bertz CT molecular complexity index is 1340. The number of amides is 1. The number of hydrogen-bond donors (Lipinski definition) is 0. The highest BCUT2D eigenvalue weighted by Gasteiger charge is 2.46. The molecule has 2 aromatic heterocycles. The zero-order valence-corrected chi connectivity index (χ0v) is 18.0. The minimum absolute atomic E-state index is 0.0994. The van der Waals surface area contributed by atoms with Gasteiger partial charge in [-0.3, -0.25) is 9.48 Å². The highest BCUT2D eigenvalue weighted by atomic mass is 16.5. The Hall–Kier alpha value is -3.74. The summed E-state index contributed by atoms with van der Waals surface area (Å²) in [5, 5.41) is 5.37. The fourth-order valence-electron chi connectivity index (χ4n) is 4.96. The Labute approximate surface area is 185 Å². The number of para-hydroxylation sites is 1. The highest BCUT2D eigenvalue weighted by molar-refractivity contribution is 5.96. The maximum absolute atomic E-state index is 13.2. The van der Waals surface area contributed by atoms with E-state index in [4.69, 9.17) is 13.9 Å². The zero-order chi connectivity index (χ0) is 21.9. The average molecular weight is 429 g/mol. The largest absolute Gasteiger partial charge is 0.497 e. The van der Waals surface area contributed by atoms with Gasteiger partial charge in [-0.25, -0.2) is 0 Å². The monoisotopic (exact) mass is 429 g/mol. The van der Waals surface area contributed by atoms with Crippen LogP contribution < -0.4 is 9.47 Å². The normalized spacial score (nSPS) is 16.5. The Kier molecular flexibility index (Phi) is 4.08. The molecule has 0 radical (unpaired) electrons. The van der Waals surface area contributed by atoms with E-state index in [1.54, 1.807) is 13.2 Å². The van der Waals surface area contributed by atoms with E-state index < -0.39 is 5.60 Å². The molecular weight excluding hydrogens is 406 g/mol.